The smallest absolute Gasteiger partial charge is 0.326 e. The van der Waals surface area contributed by atoms with Gasteiger partial charge >= 0.3 is 5.97 Å². The lowest BCUT2D eigenvalue weighted by atomic mass is 10.1. The fraction of sp³-hybridized carbons (Fsp3) is 0.233. The van der Waals surface area contributed by atoms with E-state index in [-0.39, 0.29) is 12.5 Å². The minimum absolute atomic E-state index is 0.0472. The monoisotopic (exact) mass is 540 g/mol. The fourth-order valence-electron chi connectivity index (χ4n) is 3.59. The normalized spacial score (nSPS) is 11.8. The number of esters is 1. The molecular weight excluding hydrogens is 508 g/mol. The first-order valence-corrected chi connectivity index (χ1v) is 12.7. The molecule has 0 spiro atoms. The minimum Gasteiger partial charge on any atom is -0.491 e. The van der Waals surface area contributed by atoms with E-state index in [0.29, 0.717) is 22.9 Å². The van der Waals surface area contributed by atoms with Gasteiger partial charge in [0, 0.05) is 41.1 Å². The summed E-state index contributed by atoms with van der Waals surface area (Å²) in [6.07, 6.45) is 5.13. The Morgan fingerprint density at radius 1 is 1.02 bits per heavy atom. The van der Waals surface area contributed by atoms with Gasteiger partial charge in [-0.1, -0.05) is 6.07 Å². The molecule has 4 N–H and O–H groups in total. The highest BCUT2D eigenvalue weighted by molar-refractivity contribution is 6.04. The Hall–Kier alpha value is -4.83. The Bertz CT molecular complexity index is 1470. The van der Waals surface area contributed by atoms with Crippen LogP contribution in [-0.4, -0.2) is 45.1 Å². The lowest BCUT2D eigenvalue weighted by Crippen LogP contribution is -2.41. The molecule has 0 bridgehead atoms. The van der Waals surface area contributed by atoms with Gasteiger partial charge in [0.05, 0.1) is 5.69 Å². The maximum atomic E-state index is 12.9. The average molecular weight is 541 g/mol. The molecule has 1 unspecified atom stereocenters. The van der Waals surface area contributed by atoms with E-state index in [1.807, 2.05) is 43.3 Å². The van der Waals surface area contributed by atoms with Gasteiger partial charge in [0.15, 0.2) is 0 Å². The number of nitrogens with zero attached hydrogens (tertiary/aromatic N) is 3. The zero-order chi connectivity index (χ0) is 28.7. The summed E-state index contributed by atoms with van der Waals surface area (Å²) < 4.78 is 10.9. The van der Waals surface area contributed by atoms with Crippen molar-refractivity contribution in [3.05, 3.63) is 90.4 Å². The molecule has 4 rings (SSSR count). The molecule has 2 aromatic carbocycles. The average Bonchev–Trinajstić information content (AvgIpc) is 2.93. The number of amides is 1. The van der Waals surface area contributed by atoms with E-state index in [0.717, 1.165) is 22.5 Å². The summed E-state index contributed by atoms with van der Waals surface area (Å²) in [5.74, 6) is 0.0747. The highest BCUT2D eigenvalue weighted by Crippen LogP contribution is 2.25. The fourth-order valence-corrected chi connectivity index (χ4v) is 3.59. The zero-order valence-corrected chi connectivity index (χ0v) is 22.8. The van der Waals surface area contributed by atoms with Crippen molar-refractivity contribution in [1.82, 2.24) is 15.0 Å². The van der Waals surface area contributed by atoms with E-state index < -0.39 is 17.6 Å². The van der Waals surface area contributed by atoms with Gasteiger partial charge < -0.3 is 25.8 Å². The van der Waals surface area contributed by atoms with Crippen LogP contribution in [0.15, 0.2) is 79.3 Å². The highest BCUT2D eigenvalue weighted by Gasteiger charge is 2.22. The van der Waals surface area contributed by atoms with Gasteiger partial charge in [-0.2, -0.15) is 0 Å². The summed E-state index contributed by atoms with van der Waals surface area (Å²) in [7, 11) is 0. The second-order valence-corrected chi connectivity index (χ2v) is 10.1. The van der Waals surface area contributed by atoms with E-state index in [1.165, 1.54) is 0 Å². The lowest BCUT2D eigenvalue weighted by Gasteiger charge is -2.22. The summed E-state index contributed by atoms with van der Waals surface area (Å²) >= 11 is 0. The van der Waals surface area contributed by atoms with Crippen molar-refractivity contribution in [1.29, 1.82) is 0 Å². The van der Waals surface area contributed by atoms with Crippen molar-refractivity contribution in [2.45, 2.75) is 39.3 Å². The molecule has 0 aliphatic rings. The van der Waals surface area contributed by atoms with E-state index in [9.17, 15) is 9.59 Å². The van der Waals surface area contributed by atoms with Gasteiger partial charge in [-0.25, -0.2) is 9.97 Å². The number of carbonyl (C=O) groups is 2. The molecule has 2 aromatic heterocycles. The number of carbonyl (C=O) groups excluding carboxylic acids is 2. The Morgan fingerprint density at radius 2 is 1.80 bits per heavy atom. The van der Waals surface area contributed by atoms with Gasteiger partial charge in [-0.15, -0.1) is 0 Å². The van der Waals surface area contributed by atoms with Gasteiger partial charge in [-0.3, -0.25) is 14.6 Å². The molecule has 0 aliphatic carbocycles. The summed E-state index contributed by atoms with van der Waals surface area (Å²) in [6, 6.07) is 16.8. The molecule has 0 fully saturated rings. The molecule has 1 atom stereocenters. The highest BCUT2D eigenvalue weighted by atomic mass is 16.6. The number of nitrogens with one attached hydrogen (secondary N) is 2. The summed E-state index contributed by atoms with van der Waals surface area (Å²) in [5, 5.41) is 6.14. The number of benzene rings is 2. The Kier molecular flexibility index (Phi) is 8.70. The third-order valence-corrected chi connectivity index (χ3v) is 5.61. The number of pyridine rings is 1. The van der Waals surface area contributed by atoms with Crippen LogP contribution in [0.1, 0.15) is 36.7 Å². The molecule has 206 valence electrons. The molecule has 0 aliphatic heterocycles. The van der Waals surface area contributed by atoms with Crippen LogP contribution in [0.4, 0.5) is 17.3 Å². The van der Waals surface area contributed by atoms with E-state index in [2.05, 4.69) is 25.6 Å². The number of hydrogen-bond acceptors (Lipinski definition) is 9. The van der Waals surface area contributed by atoms with Crippen LogP contribution in [0.2, 0.25) is 0 Å². The maximum absolute atomic E-state index is 12.9. The molecule has 0 radical (unpaired) electrons. The number of aryl methyl sites for hydroxylation is 1. The lowest BCUT2D eigenvalue weighted by molar-refractivity contribution is -0.157. The largest absolute Gasteiger partial charge is 0.491 e. The number of hydrogen-bond donors (Lipinski definition) is 3. The SMILES string of the molecule is Cc1ccc(NC(=O)c2ccc(OCC(N)C(=O)OC(C)(C)C)cc2)cc1Nc1nccc(-c2cccnc2)n1. The number of ether oxygens (including phenoxy) is 2. The molecule has 1 amide bonds. The Balaban J connectivity index is 1.37. The number of nitrogens with two attached hydrogens (primary N) is 1. The number of aromatic nitrogens is 3. The van der Waals surface area contributed by atoms with Crippen LogP contribution in [0.25, 0.3) is 11.3 Å². The Labute approximate surface area is 233 Å². The van der Waals surface area contributed by atoms with Crippen LogP contribution < -0.4 is 21.1 Å². The van der Waals surface area contributed by atoms with Gasteiger partial charge in [0.2, 0.25) is 5.95 Å². The third-order valence-electron chi connectivity index (χ3n) is 5.61. The first kappa shape index (κ1) is 28.2. The van der Waals surface area contributed by atoms with Crippen molar-refractivity contribution in [2.24, 2.45) is 5.73 Å². The molecular formula is C30H32N6O4. The van der Waals surface area contributed by atoms with Gasteiger partial charge in [0.1, 0.15) is 24.0 Å². The van der Waals surface area contributed by atoms with Crippen LogP contribution in [0, 0.1) is 6.92 Å². The molecule has 10 heteroatoms. The first-order chi connectivity index (χ1) is 19.1. The van der Waals surface area contributed by atoms with Crippen LogP contribution in [0.5, 0.6) is 5.75 Å². The van der Waals surface area contributed by atoms with Crippen molar-refractivity contribution in [2.75, 3.05) is 17.2 Å². The quantitative estimate of drug-likeness (QED) is 0.253. The van der Waals surface area contributed by atoms with Crippen molar-refractivity contribution >= 4 is 29.2 Å². The van der Waals surface area contributed by atoms with Gasteiger partial charge in [-0.05, 0) is 87.9 Å². The molecule has 10 nitrogen and oxygen atoms in total. The maximum Gasteiger partial charge on any atom is 0.326 e. The molecule has 0 saturated heterocycles. The van der Waals surface area contributed by atoms with E-state index in [1.54, 1.807) is 63.6 Å². The molecule has 2 heterocycles. The molecule has 40 heavy (non-hydrogen) atoms. The predicted octanol–water partition coefficient (Wildman–Crippen LogP) is 4.89. The summed E-state index contributed by atoms with van der Waals surface area (Å²) in [4.78, 5) is 38.0. The Morgan fingerprint density at radius 3 is 2.50 bits per heavy atom. The van der Waals surface area contributed by atoms with E-state index >= 15 is 0 Å². The number of rotatable bonds is 9. The molecule has 0 saturated carbocycles. The standard InChI is InChI=1S/C30H32N6O4/c1-19-7-10-22(16-26(19)36-29-33-15-13-25(35-29)21-6-5-14-32-17-21)34-27(37)20-8-11-23(12-9-20)39-18-24(31)28(38)40-30(2,3)4/h5-17,24H,18,31H2,1-4H3,(H,34,37)(H,33,35,36). The van der Waals surface area contributed by atoms with Crippen LogP contribution >= 0.6 is 0 Å². The topological polar surface area (TPSA) is 141 Å². The first-order valence-electron chi connectivity index (χ1n) is 12.7. The predicted molar refractivity (Wildman–Crippen MR) is 153 cm³/mol. The zero-order valence-electron chi connectivity index (χ0n) is 22.8. The van der Waals surface area contributed by atoms with Crippen molar-refractivity contribution in [3.63, 3.8) is 0 Å². The minimum atomic E-state index is -0.922. The van der Waals surface area contributed by atoms with Gasteiger partial charge in [0.25, 0.3) is 5.91 Å². The summed E-state index contributed by atoms with van der Waals surface area (Å²) in [6.45, 7) is 7.22. The number of anilines is 3. The van der Waals surface area contributed by atoms with Crippen molar-refractivity contribution in [3.8, 4) is 17.0 Å². The van der Waals surface area contributed by atoms with E-state index in [4.69, 9.17) is 15.2 Å². The third kappa shape index (κ3) is 7.84. The van der Waals surface area contributed by atoms with Crippen LogP contribution in [0.3, 0.4) is 0 Å². The van der Waals surface area contributed by atoms with Crippen LogP contribution in [-0.2, 0) is 9.53 Å². The second-order valence-electron chi connectivity index (χ2n) is 10.1. The summed E-state index contributed by atoms with van der Waals surface area (Å²) in [5.41, 5.74) is 9.61. The second kappa shape index (κ2) is 12.4. The molecule has 4 aromatic rings. The van der Waals surface area contributed by atoms with Crippen molar-refractivity contribution < 1.29 is 19.1 Å².